The molecule has 0 radical (unpaired) electrons. The number of rotatable bonds is 13. The smallest absolute Gasteiger partial charge is 0.394 e. The molecule has 4 heterocycles. The molecule has 0 bridgehead atoms. The number of hydrogen-bond acceptors (Lipinski definition) is 8. The predicted octanol–water partition coefficient (Wildman–Crippen LogP) is 7.44. The maximum atomic E-state index is 13.1. The Morgan fingerprint density at radius 3 is 2.70 bits per heavy atom. The molecule has 1 atom stereocenters. The van der Waals surface area contributed by atoms with Gasteiger partial charge in [-0.05, 0) is 79.5 Å². The van der Waals surface area contributed by atoms with Gasteiger partial charge in [0.2, 0.25) is 5.88 Å². The van der Waals surface area contributed by atoms with E-state index in [0.717, 1.165) is 54.8 Å². The topological polar surface area (TPSA) is 109 Å². The van der Waals surface area contributed by atoms with Crippen molar-refractivity contribution < 1.29 is 22.7 Å². The molecule has 5 rings (SSSR count). The molecular weight excluding hydrogens is 638 g/mol. The van der Waals surface area contributed by atoms with Crippen LogP contribution in [0.2, 0.25) is 16.8 Å². The van der Waals surface area contributed by atoms with Crippen LogP contribution in [-0.2, 0) is 0 Å². The summed E-state index contributed by atoms with van der Waals surface area (Å²) in [7, 11) is 2.00. The highest BCUT2D eigenvalue weighted by Crippen LogP contribution is 2.59. The number of carbonyl (C=O) groups excluding carboxylic acids is 1. The molecule has 244 valence electrons. The first kappa shape index (κ1) is 33.9. The van der Waals surface area contributed by atoms with Crippen LogP contribution in [0.3, 0.4) is 0 Å². The summed E-state index contributed by atoms with van der Waals surface area (Å²) >= 11 is 7.43. The van der Waals surface area contributed by atoms with Crippen molar-refractivity contribution in [2.45, 2.75) is 75.1 Å². The van der Waals surface area contributed by atoms with E-state index in [-0.39, 0.29) is 54.5 Å². The molecule has 1 aliphatic heterocycles. The molecule has 1 N–H and O–H groups in total. The van der Waals surface area contributed by atoms with Gasteiger partial charge in [0.15, 0.2) is 5.82 Å². The molecule has 15 heteroatoms. The Labute approximate surface area is 276 Å². The van der Waals surface area contributed by atoms with Crippen molar-refractivity contribution in [3.8, 4) is 17.7 Å². The van der Waals surface area contributed by atoms with E-state index in [0.29, 0.717) is 11.7 Å². The molecule has 0 aromatic carbocycles. The Bertz CT molecular complexity index is 1580. The molecule has 1 saturated carbocycles. The van der Waals surface area contributed by atoms with Crippen LogP contribution in [0, 0.1) is 22.6 Å². The van der Waals surface area contributed by atoms with Gasteiger partial charge in [0, 0.05) is 42.9 Å². The molecule has 1 aliphatic carbocycles. The van der Waals surface area contributed by atoms with Gasteiger partial charge in [-0.1, -0.05) is 38.2 Å². The largest absolute Gasteiger partial charge is 0.477 e. The second kappa shape index (κ2) is 13.7. The quantitative estimate of drug-likeness (QED) is 0.113. The zero-order chi connectivity index (χ0) is 33.1. The molecule has 1 saturated heterocycles. The van der Waals surface area contributed by atoms with Crippen LogP contribution in [0.5, 0.6) is 5.88 Å². The van der Waals surface area contributed by atoms with Crippen molar-refractivity contribution in [3.63, 3.8) is 0 Å². The van der Waals surface area contributed by atoms with Gasteiger partial charge >= 0.3 is 6.18 Å². The number of ether oxygens (including phenoxy) is 1. The number of hydrogen-bond donors (Lipinski definition) is 1. The number of nitriles is 1. The Hall–Kier alpha value is -3.44. The van der Waals surface area contributed by atoms with Crippen LogP contribution in [0.15, 0.2) is 47.6 Å². The Balaban J connectivity index is 1.06. The van der Waals surface area contributed by atoms with Gasteiger partial charge in [0.1, 0.15) is 11.0 Å². The summed E-state index contributed by atoms with van der Waals surface area (Å²) in [4.78, 5) is 24.5. The van der Waals surface area contributed by atoms with E-state index in [2.05, 4.69) is 44.5 Å². The molecule has 46 heavy (non-hydrogen) atoms. The first-order valence-corrected chi connectivity index (χ1v) is 16.5. The van der Waals surface area contributed by atoms with Gasteiger partial charge in [-0.2, -0.15) is 13.2 Å². The molecule has 1 amide bonds. The van der Waals surface area contributed by atoms with E-state index < -0.39 is 17.5 Å². The molecule has 2 fully saturated rings. The van der Waals surface area contributed by atoms with Gasteiger partial charge in [-0.3, -0.25) is 9.52 Å². The van der Waals surface area contributed by atoms with Crippen molar-refractivity contribution in [1.29, 1.82) is 5.26 Å². The zero-order valence-corrected chi connectivity index (χ0v) is 27.6. The van der Waals surface area contributed by atoms with Gasteiger partial charge in [-0.25, -0.2) is 19.9 Å². The maximum Gasteiger partial charge on any atom is 0.394 e. The lowest BCUT2D eigenvalue weighted by molar-refractivity contribution is -0.190. The van der Waals surface area contributed by atoms with Crippen LogP contribution in [0.25, 0.3) is 5.82 Å². The molecular formula is C31H36BClF3N7O2S. The van der Waals surface area contributed by atoms with Gasteiger partial charge in [-0.15, -0.1) is 5.10 Å². The van der Waals surface area contributed by atoms with Crippen LogP contribution in [0.1, 0.15) is 62.7 Å². The fourth-order valence-corrected chi connectivity index (χ4v) is 6.83. The van der Waals surface area contributed by atoms with Gasteiger partial charge in [0.05, 0.1) is 17.6 Å². The molecule has 1 unspecified atom stereocenters. The number of pyridine rings is 2. The normalized spacial score (nSPS) is 18.2. The second-order valence-corrected chi connectivity index (χ2v) is 14.1. The predicted molar refractivity (Wildman–Crippen MR) is 173 cm³/mol. The van der Waals surface area contributed by atoms with Crippen molar-refractivity contribution >= 4 is 42.0 Å². The summed E-state index contributed by atoms with van der Waals surface area (Å²) < 4.78 is 48.9. The lowest BCUT2D eigenvalue weighted by Crippen LogP contribution is -2.26. The van der Waals surface area contributed by atoms with Crippen molar-refractivity contribution in [3.05, 3.63) is 53.4 Å². The summed E-state index contributed by atoms with van der Waals surface area (Å²) in [6.07, 6.45) is 3.36. The number of aromatic nitrogens is 4. The van der Waals surface area contributed by atoms with Gasteiger partial charge < -0.3 is 9.64 Å². The van der Waals surface area contributed by atoms with E-state index in [4.69, 9.17) is 16.3 Å². The van der Waals surface area contributed by atoms with E-state index in [9.17, 15) is 23.2 Å². The SMILES string of the molecule is CN(CCCC1CB(C#N)C(C)(C)C1)c1ccc(SNC(=O)c2ccc(-n3ccc(OCCC4(C(F)(F)F)CC4)n3)nc2Cl)cn1. The highest BCUT2D eigenvalue weighted by Gasteiger charge is 2.62. The molecule has 0 spiro atoms. The summed E-state index contributed by atoms with van der Waals surface area (Å²) in [6.45, 7) is 5.28. The Morgan fingerprint density at radius 1 is 1.28 bits per heavy atom. The summed E-state index contributed by atoms with van der Waals surface area (Å²) in [5.41, 5.74) is -1.46. The number of carbonyl (C=O) groups is 1. The van der Waals surface area contributed by atoms with E-state index in [1.165, 1.54) is 16.8 Å². The van der Waals surface area contributed by atoms with E-state index in [1.54, 1.807) is 18.5 Å². The van der Waals surface area contributed by atoms with Crippen molar-refractivity contribution in [2.24, 2.45) is 11.3 Å². The summed E-state index contributed by atoms with van der Waals surface area (Å²) in [5.74, 6) is 3.95. The standard InChI is InChI=1S/C31H36BClF3N7O2S/c1-29(2)17-21(18-32(29)20-37)5-4-14-42(3)24-8-6-22(19-38-24)46-41-28(44)23-7-9-25(39-27(23)33)43-15-10-26(40-43)45-16-13-30(11-12-30)31(34,35)36/h6-10,15,19,21H,4-5,11-14,16-18H2,1-3H3,(H,41,44). The number of alkyl halides is 3. The Morgan fingerprint density at radius 2 is 2.07 bits per heavy atom. The highest BCUT2D eigenvalue weighted by molar-refractivity contribution is 7.98. The lowest BCUT2D eigenvalue weighted by atomic mass is 9.37. The third-order valence-electron chi connectivity index (χ3n) is 9.13. The second-order valence-electron chi connectivity index (χ2n) is 12.9. The fourth-order valence-electron chi connectivity index (χ4n) is 6.03. The lowest BCUT2D eigenvalue weighted by Gasteiger charge is -2.21. The third-order valence-corrected chi connectivity index (χ3v) is 10.2. The fraction of sp³-hybridized carbons (Fsp3) is 0.516. The van der Waals surface area contributed by atoms with Crippen LogP contribution in [-0.4, -0.2) is 58.7 Å². The number of amides is 1. The third kappa shape index (κ3) is 7.92. The number of nitrogens with zero attached hydrogens (tertiary/aromatic N) is 6. The molecule has 2 aliphatic rings. The van der Waals surface area contributed by atoms with E-state index in [1.807, 2.05) is 19.2 Å². The van der Waals surface area contributed by atoms with Crippen LogP contribution >= 0.6 is 23.5 Å². The molecule has 3 aromatic rings. The average Bonchev–Trinajstić information content (AvgIpc) is 3.57. The minimum absolute atomic E-state index is 0.0335. The number of halogens is 4. The van der Waals surface area contributed by atoms with Crippen LogP contribution < -0.4 is 14.4 Å². The minimum atomic E-state index is -4.22. The zero-order valence-electron chi connectivity index (χ0n) is 26.0. The summed E-state index contributed by atoms with van der Waals surface area (Å²) in [6, 6.07) is 8.40. The number of anilines is 1. The first-order valence-electron chi connectivity index (χ1n) is 15.3. The highest BCUT2D eigenvalue weighted by atomic mass is 35.5. The molecule has 3 aromatic heterocycles. The average molecular weight is 674 g/mol. The molecule has 9 nitrogen and oxygen atoms in total. The number of nitrogens with one attached hydrogen (secondary N) is 1. The monoisotopic (exact) mass is 673 g/mol. The van der Waals surface area contributed by atoms with Gasteiger partial charge in [0.25, 0.3) is 12.6 Å². The van der Waals surface area contributed by atoms with Crippen LogP contribution in [0.4, 0.5) is 19.0 Å². The minimum Gasteiger partial charge on any atom is -0.477 e. The van der Waals surface area contributed by atoms with Crippen molar-refractivity contribution in [2.75, 3.05) is 25.1 Å². The maximum absolute atomic E-state index is 13.1. The van der Waals surface area contributed by atoms with E-state index >= 15 is 0 Å². The first-order chi connectivity index (χ1) is 21.8. The summed E-state index contributed by atoms with van der Waals surface area (Å²) in [5, 5.41) is 13.7. The Kier molecular flexibility index (Phi) is 10.1. The van der Waals surface area contributed by atoms with Crippen molar-refractivity contribution in [1.82, 2.24) is 24.5 Å².